The maximum absolute atomic E-state index is 5.38. The van der Waals surface area contributed by atoms with Crippen molar-refractivity contribution >= 4 is 15.9 Å². The summed E-state index contributed by atoms with van der Waals surface area (Å²) in [5, 5.41) is 3.19. The largest absolute Gasteiger partial charge is 0.379 e. The highest BCUT2D eigenvalue weighted by Crippen LogP contribution is 1.95. The van der Waals surface area contributed by atoms with Crippen LogP contribution in [0.2, 0.25) is 0 Å². The Hall–Kier alpha value is 0.1000. The second-order valence-corrected chi connectivity index (χ2v) is 4.23. The van der Waals surface area contributed by atoms with Gasteiger partial charge in [-0.1, -0.05) is 22.5 Å². The molecule has 0 aromatic rings. The van der Waals surface area contributed by atoms with E-state index in [0.717, 1.165) is 37.3 Å². The van der Waals surface area contributed by atoms with Crippen LogP contribution in [-0.2, 0) is 4.74 Å². The lowest BCUT2D eigenvalue weighted by Crippen LogP contribution is -2.23. The third kappa shape index (κ3) is 12.1. The molecule has 3 nitrogen and oxygen atoms in total. The zero-order chi connectivity index (χ0) is 10.1. The summed E-state index contributed by atoms with van der Waals surface area (Å²) in [6.45, 7) is 7.93. The minimum Gasteiger partial charge on any atom is -0.379 e. The second-order valence-electron chi connectivity index (χ2n) is 3.11. The third-order valence-corrected chi connectivity index (χ3v) is 1.70. The van der Waals surface area contributed by atoms with Crippen molar-refractivity contribution < 1.29 is 4.74 Å². The van der Waals surface area contributed by atoms with Gasteiger partial charge in [0.25, 0.3) is 0 Å². The lowest BCUT2D eigenvalue weighted by molar-refractivity contribution is 0.120. The number of nitrogens with zero attached hydrogens (tertiary/aromatic N) is 1. The van der Waals surface area contributed by atoms with Crippen molar-refractivity contribution in [1.82, 2.24) is 10.2 Å². The molecule has 0 radical (unpaired) electrons. The van der Waals surface area contributed by atoms with Crippen molar-refractivity contribution in [3.63, 3.8) is 0 Å². The van der Waals surface area contributed by atoms with Gasteiger partial charge < -0.3 is 15.0 Å². The second kappa shape index (κ2) is 8.69. The molecule has 0 fully saturated rings. The molecule has 0 amide bonds. The van der Waals surface area contributed by atoms with Gasteiger partial charge in [0.1, 0.15) is 0 Å². The van der Waals surface area contributed by atoms with Crippen LogP contribution in [0.15, 0.2) is 11.1 Å². The summed E-state index contributed by atoms with van der Waals surface area (Å²) < 4.78 is 6.35. The first-order valence-electron chi connectivity index (χ1n) is 4.39. The molecule has 78 valence electrons. The van der Waals surface area contributed by atoms with Gasteiger partial charge in [0.2, 0.25) is 0 Å². The summed E-state index contributed by atoms with van der Waals surface area (Å²) in [5.74, 6) is 0. The Kier molecular flexibility index (Phi) is 8.75. The van der Waals surface area contributed by atoms with Gasteiger partial charge in [-0.3, -0.25) is 0 Å². The van der Waals surface area contributed by atoms with E-state index >= 15 is 0 Å². The SMILES string of the molecule is C=C(Br)CNCCOCCN(C)C. The Balaban J connectivity index is 2.96. The summed E-state index contributed by atoms with van der Waals surface area (Å²) in [4.78, 5) is 2.10. The van der Waals surface area contributed by atoms with Crippen LogP contribution in [0.5, 0.6) is 0 Å². The molecule has 1 N–H and O–H groups in total. The topological polar surface area (TPSA) is 24.5 Å². The van der Waals surface area contributed by atoms with Gasteiger partial charge in [0, 0.05) is 24.1 Å². The molecule has 0 unspecified atom stereocenters. The maximum Gasteiger partial charge on any atom is 0.0593 e. The number of likely N-dealkylation sites (N-methyl/N-ethyl adjacent to an activating group) is 1. The highest BCUT2D eigenvalue weighted by atomic mass is 79.9. The van der Waals surface area contributed by atoms with Crippen LogP contribution in [0, 0.1) is 0 Å². The molecule has 0 aliphatic carbocycles. The molecule has 0 atom stereocenters. The van der Waals surface area contributed by atoms with Gasteiger partial charge >= 0.3 is 0 Å². The first-order chi connectivity index (χ1) is 6.13. The minimum absolute atomic E-state index is 0.758. The molecular weight excluding hydrogens is 232 g/mol. The van der Waals surface area contributed by atoms with Crippen molar-refractivity contribution in [3.05, 3.63) is 11.1 Å². The Bertz CT molecular complexity index is 140. The summed E-state index contributed by atoms with van der Waals surface area (Å²) in [5.41, 5.74) is 0. The van der Waals surface area contributed by atoms with Gasteiger partial charge in [-0.2, -0.15) is 0 Å². The highest BCUT2D eigenvalue weighted by Gasteiger charge is 1.91. The standard InChI is InChI=1S/C9H19BrN2O/c1-9(10)8-11-4-6-13-7-5-12(2)3/h11H,1,4-8H2,2-3H3. The Morgan fingerprint density at radius 2 is 2.15 bits per heavy atom. The zero-order valence-corrected chi connectivity index (χ0v) is 10.1. The van der Waals surface area contributed by atoms with Gasteiger partial charge in [-0.25, -0.2) is 0 Å². The molecule has 0 rings (SSSR count). The number of ether oxygens (including phenoxy) is 1. The molecule has 0 saturated heterocycles. The van der Waals surface area contributed by atoms with E-state index in [-0.39, 0.29) is 0 Å². The van der Waals surface area contributed by atoms with E-state index in [1.165, 1.54) is 0 Å². The molecule has 0 aliphatic heterocycles. The molecule has 0 aromatic heterocycles. The molecule has 0 aliphatic rings. The van der Waals surface area contributed by atoms with Crippen molar-refractivity contribution in [1.29, 1.82) is 0 Å². The molecule has 0 spiro atoms. The lowest BCUT2D eigenvalue weighted by Gasteiger charge is -2.09. The average molecular weight is 251 g/mol. The van der Waals surface area contributed by atoms with Gasteiger partial charge in [-0.15, -0.1) is 0 Å². The lowest BCUT2D eigenvalue weighted by atomic mass is 10.5. The molecular formula is C9H19BrN2O. The van der Waals surface area contributed by atoms with E-state index in [1.54, 1.807) is 0 Å². The molecule has 0 aromatic carbocycles. The maximum atomic E-state index is 5.38. The van der Waals surface area contributed by atoms with E-state index in [4.69, 9.17) is 4.74 Å². The van der Waals surface area contributed by atoms with Gasteiger partial charge in [0.05, 0.1) is 13.2 Å². The van der Waals surface area contributed by atoms with E-state index in [9.17, 15) is 0 Å². The van der Waals surface area contributed by atoms with Crippen molar-refractivity contribution in [2.75, 3.05) is 46.9 Å². The van der Waals surface area contributed by atoms with Crippen LogP contribution in [0.4, 0.5) is 0 Å². The molecule has 0 saturated carbocycles. The fraction of sp³-hybridized carbons (Fsp3) is 0.778. The molecule has 4 heteroatoms. The minimum atomic E-state index is 0.758. The summed E-state index contributed by atoms with van der Waals surface area (Å²) in [6, 6.07) is 0. The monoisotopic (exact) mass is 250 g/mol. The highest BCUT2D eigenvalue weighted by molar-refractivity contribution is 9.11. The Morgan fingerprint density at radius 1 is 1.46 bits per heavy atom. The predicted molar refractivity (Wildman–Crippen MR) is 60.3 cm³/mol. The van der Waals surface area contributed by atoms with E-state index in [0.29, 0.717) is 0 Å². The Morgan fingerprint density at radius 3 is 2.69 bits per heavy atom. The number of hydrogen-bond donors (Lipinski definition) is 1. The molecule has 13 heavy (non-hydrogen) atoms. The fourth-order valence-corrected chi connectivity index (χ4v) is 0.916. The van der Waals surface area contributed by atoms with Crippen LogP contribution in [0.1, 0.15) is 0 Å². The van der Waals surface area contributed by atoms with Crippen molar-refractivity contribution in [3.8, 4) is 0 Å². The van der Waals surface area contributed by atoms with Crippen molar-refractivity contribution in [2.24, 2.45) is 0 Å². The van der Waals surface area contributed by atoms with Crippen LogP contribution in [-0.4, -0.2) is 51.8 Å². The van der Waals surface area contributed by atoms with Gasteiger partial charge in [0.15, 0.2) is 0 Å². The molecule has 0 heterocycles. The fourth-order valence-electron chi connectivity index (χ4n) is 0.718. The average Bonchev–Trinajstić information content (AvgIpc) is 2.01. The predicted octanol–water partition coefficient (Wildman–Crippen LogP) is 1.06. The summed E-state index contributed by atoms with van der Waals surface area (Å²) in [7, 11) is 4.08. The quantitative estimate of drug-likeness (QED) is 0.653. The van der Waals surface area contributed by atoms with Crippen molar-refractivity contribution in [2.45, 2.75) is 0 Å². The summed E-state index contributed by atoms with van der Waals surface area (Å²) >= 11 is 3.27. The Labute approximate surface area is 89.3 Å². The van der Waals surface area contributed by atoms with Crippen LogP contribution < -0.4 is 5.32 Å². The smallest absolute Gasteiger partial charge is 0.0593 e. The van der Waals surface area contributed by atoms with E-state index < -0.39 is 0 Å². The van der Waals surface area contributed by atoms with Crippen LogP contribution in [0.3, 0.4) is 0 Å². The third-order valence-electron chi connectivity index (χ3n) is 1.42. The number of hydrogen-bond acceptors (Lipinski definition) is 3. The normalized spacial score (nSPS) is 10.8. The zero-order valence-electron chi connectivity index (χ0n) is 8.48. The van der Waals surface area contributed by atoms with E-state index in [2.05, 4.69) is 32.7 Å². The molecule has 0 bridgehead atoms. The number of halogens is 1. The van der Waals surface area contributed by atoms with Gasteiger partial charge in [-0.05, 0) is 14.1 Å². The van der Waals surface area contributed by atoms with Crippen LogP contribution >= 0.6 is 15.9 Å². The van der Waals surface area contributed by atoms with Crippen LogP contribution in [0.25, 0.3) is 0 Å². The van der Waals surface area contributed by atoms with E-state index in [1.807, 2.05) is 14.1 Å². The number of nitrogens with one attached hydrogen (secondary N) is 1. The summed E-state index contributed by atoms with van der Waals surface area (Å²) in [6.07, 6.45) is 0. The first kappa shape index (κ1) is 13.1. The number of rotatable bonds is 8. The first-order valence-corrected chi connectivity index (χ1v) is 5.18.